The summed E-state index contributed by atoms with van der Waals surface area (Å²) in [6.07, 6.45) is 0.807. The molecule has 19 heavy (non-hydrogen) atoms. The van der Waals surface area contributed by atoms with Crippen molar-refractivity contribution in [1.82, 2.24) is 0 Å². The number of anilines is 1. The van der Waals surface area contributed by atoms with E-state index in [4.69, 9.17) is 21.1 Å². The molecule has 0 saturated carbocycles. The first-order valence-electron chi connectivity index (χ1n) is 6.37. The molecule has 1 aliphatic rings. The number of alkyl halides is 1. The molecule has 104 valence electrons. The molecule has 0 spiro atoms. The maximum absolute atomic E-state index is 11.6. The summed E-state index contributed by atoms with van der Waals surface area (Å²) in [5, 5.41) is 2.85. The summed E-state index contributed by atoms with van der Waals surface area (Å²) in [7, 11) is 0. The van der Waals surface area contributed by atoms with Crippen molar-refractivity contribution in [1.29, 1.82) is 0 Å². The van der Waals surface area contributed by atoms with E-state index in [2.05, 4.69) is 5.32 Å². The second-order valence-corrected chi connectivity index (χ2v) is 4.78. The number of hydrogen-bond donors (Lipinski definition) is 1. The average molecular weight is 284 g/mol. The molecular weight excluding hydrogens is 266 g/mol. The van der Waals surface area contributed by atoms with Gasteiger partial charge in [-0.25, -0.2) is 0 Å². The van der Waals surface area contributed by atoms with Crippen LogP contribution in [0.5, 0.6) is 0 Å². The normalized spacial score (nSPS) is 17.4. The van der Waals surface area contributed by atoms with Crippen LogP contribution in [-0.2, 0) is 26.5 Å². The van der Waals surface area contributed by atoms with Crippen LogP contribution in [0.1, 0.15) is 25.0 Å². The first-order chi connectivity index (χ1) is 9.10. The maximum Gasteiger partial charge on any atom is 0.239 e. The summed E-state index contributed by atoms with van der Waals surface area (Å²) in [6.45, 7) is 5.00. The van der Waals surface area contributed by atoms with Crippen LogP contribution in [-0.4, -0.2) is 25.0 Å². The minimum Gasteiger partial charge on any atom is -0.344 e. The van der Waals surface area contributed by atoms with Crippen molar-refractivity contribution in [2.45, 2.75) is 26.1 Å². The number of hydrogen-bond acceptors (Lipinski definition) is 3. The number of rotatable bonds is 4. The van der Waals surface area contributed by atoms with Crippen LogP contribution in [0.3, 0.4) is 0 Å². The second kappa shape index (κ2) is 5.90. The fourth-order valence-electron chi connectivity index (χ4n) is 2.26. The molecule has 0 atom stereocenters. The molecule has 1 heterocycles. The van der Waals surface area contributed by atoms with Crippen LogP contribution < -0.4 is 5.32 Å². The van der Waals surface area contributed by atoms with Crippen molar-refractivity contribution in [3.63, 3.8) is 0 Å². The zero-order chi connectivity index (χ0) is 13.9. The van der Waals surface area contributed by atoms with Crippen LogP contribution in [0.2, 0.25) is 0 Å². The molecule has 1 aromatic rings. The highest BCUT2D eigenvalue weighted by atomic mass is 35.5. The van der Waals surface area contributed by atoms with Crippen molar-refractivity contribution in [3.8, 4) is 0 Å². The molecule has 0 bridgehead atoms. The topological polar surface area (TPSA) is 47.6 Å². The number of nitrogens with one attached hydrogen (secondary N) is 1. The fraction of sp³-hybridized carbons (Fsp3) is 0.500. The van der Waals surface area contributed by atoms with E-state index >= 15 is 0 Å². The molecule has 1 N–H and O–H groups in total. The summed E-state index contributed by atoms with van der Waals surface area (Å²) in [6, 6.07) is 5.83. The van der Waals surface area contributed by atoms with E-state index in [1.807, 2.05) is 32.0 Å². The molecule has 1 fully saturated rings. The van der Waals surface area contributed by atoms with Gasteiger partial charge in [0, 0.05) is 5.56 Å². The molecule has 0 aliphatic carbocycles. The Hall–Kier alpha value is -1.10. The number of carbonyl (C=O) groups excluding carboxylic acids is 1. The monoisotopic (exact) mass is 283 g/mol. The number of para-hydroxylation sites is 1. The molecule has 0 aromatic heterocycles. The van der Waals surface area contributed by atoms with Crippen LogP contribution in [0.15, 0.2) is 18.2 Å². The van der Waals surface area contributed by atoms with Gasteiger partial charge in [0.1, 0.15) is 5.88 Å². The Kier molecular flexibility index (Phi) is 4.45. The highest BCUT2D eigenvalue weighted by Gasteiger charge is 2.36. The molecular formula is C14H18ClNO3. The molecule has 1 aromatic carbocycles. The van der Waals surface area contributed by atoms with E-state index in [1.54, 1.807) is 0 Å². The summed E-state index contributed by atoms with van der Waals surface area (Å²) in [4.78, 5) is 11.6. The summed E-state index contributed by atoms with van der Waals surface area (Å²) in [5.74, 6) is -1.11. The van der Waals surface area contributed by atoms with Gasteiger partial charge in [-0.15, -0.1) is 11.6 Å². The molecule has 0 radical (unpaired) electrons. The van der Waals surface area contributed by atoms with Gasteiger partial charge in [-0.3, -0.25) is 4.79 Å². The van der Waals surface area contributed by atoms with Crippen molar-refractivity contribution in [3.05, 3.63) is 29.3 Å². The minimum atomic E-state index is -0.805. The zero-order valence-electron chi connectivity index (χ0n) is 11.2. The van der Waals surface area contributed by atoms with Crippen LogP contribution >= 0.6 is 11.6 Å². The Labute approximate surface area is 118 Å². The van der Waals surface area contributed by atoms with E-state index in [-0.39, 0.29) is 11.8 Å². The van der Waals surface area contributed by atoms with Crippen LogP contribution in [0.4, 0.5) is 5.69 Å². The van der Waals surface area contributed by atoms with E-state index < -0.39 is 5.79 Å². The van der Waals surface area contributed by atoms with Gasteiger partial charge in [0.05, 0.1) is 18.9 Å². The largest absolute Gasteiger partial charge is 0.344 e. The van der Waals surface area contributed by atoms with E-state index in [0.717, 1.165) is 23.2 Å². The van der Waals surface area contributed by atoms with Gasteiger partial charge in [-0.05, 0) is 18.9 Å². The third kappa shape index (κ3) is 2.91. The highest BCUT2D eigenvalue weighted by Crippen LogP contribution is 2.37. The Morgan fingerprint density at radius 2 is 2.11 bits per heavy atom. The number of carbonyl (C=O) groups is 1. The van der Waals surface area contributed by atoms with Gasteiger partial charge in [0.2, 0.25) is 5.91 Å². The van der Waals surface area contributed by atoms with Gasteiger partial charge in [0.15, 0.2) is 5.79 Å². The molecule has 0 unspecified atom stereocenters. The summed E-state index contributed by atoms with van der Waals surface area (Å²) < 4.78 is 11.4. The third-order valence-corrected chi connectivity index (χ3v) is 3.49. The molecule has 1 aliphatic heterocycles. The smallest absolute Gasteiger partial charge is 0.239 e. The van der Waals surface area contributed by atoms with Crippen molar-refractivity contribution in [2.75, 3.05) is 24.4 Å². The quantitative estimate of drug-likeness (QED) is 0.864. The summed E-state index contributed by atoms with van der Waals surface area (Å²) in [5.41, 5.74) is 2.62. The molecule has 1 amide bonds. The predicted octanol–water partition coefficient (Wildman–Crippen LogP) is 2.65. The predicted molar refractivity (Wildman–Crippen MR) is 74.4 cm³/mol. The van der Waals surface area contributed by atoms with Gasteiger partial charge >= 0.3 is 0 Å². The van der Waals surface area contributed by atoms with Gasteiger partial charge in [0.25, 0.3) is 0 Å². The van der Waals surface area contributed by atoms with Gasteiger partial charge in [-0.2, -0.15) is 0 Å². The Balaban J connectivity index is 2.44. The van der Waals surface area contributed by atoms with Crippen molar-refractivity contribution in [2.24, 2.45) is 0 Å². The van der Waals surface area contributed by atoms with Gasteiger partial charge < -0.3 is 14.8 Å². The molecule has 1 saturated heterocycles. The standard InChI is InChI=1S/C14H18ClNO3/c1-3-10-5-4-6-11(13(10)16-12(17)9-15)14(2)18-7-8-19-14/h4-6H,3,7-9H2,1-2H3,(H,16,17). The zero-order valence-corrected chi connectivity index (χ0v) is 11.9. The minimum absolute atomic E-state index is 0.0735. The van der Waals surface area contributed by atoms with Gasteiger partial charge in [-0.1, -0.05) is 25.1 Å². The van der Waals surface area contributed by atoms with Crippen LogP contribution in [0, 0.1) is 0 Å². The lowest BCUT2D eigenvalue weighted by molar-refractivity contribution is -0.149. The molecule has 5 heteroatoms. The van der Waals surface area contributed by atoms with E-state index in [9.17, 15) is 4.79 Å². The lowest BCUT2D eigenvalue weighted by Gasteiger charge is -2.27. The third-order valence-electron chi connectivity index (χ3n) is 3.25. The summed E-state index contributed by atoms with van der Waals surface area (Å²) >= 11 is 5.57. The second-order valence-electron chi connectivity index (χ2n) is 4.52. The number of ether oxygens (including phenoxy) is 2. The molecule has 2 rings (SSSR count). The van der Waals surface area contributed by atoms with E-state index in [0.29, 0.717) is 13.2 Å². The Bertz CT molecular complexity index is 470. The van der Waals surface area contributed by atoms with Crippen molar-refractivity contribution >= 4 is 23.2 Å². The maximum atomic E-state index is 11.6. The lowest BCUT2D eigenvalue weighted by atomic mass is 9.99. The lowest BCUT2D eigenvalue weighted by Crippen LogP contribution is -2.26. The fourth-order valence-corrected chi connectivity index (χ4v) is 2.33. The number of benzene rings is 1. The first-order valence-corrected chi connectivity index (χ1v) is 6.90. The number of halogens is 1. The van der Waals surface area contributed by atoms with Crippen molar-refractivity contribution < 1.29 is 14.3 Å². The molecule has 4 nitrogen and oxygen atoms in total. The Morgan fingerprint density at radius 3 is 2.68 bits per heavy atom. The van der Waals surface area contributed by atoms with E-state index in [1.165, 1.54) is 0 Å². The number of aryl methyl sites for hydroxylation is 1. The Morgan fingerprint density at radius 1 is 1.42 bits per heavy atom. The average Bonchev–Trinajstić information content (AvgIpc) is 2.86. The first kappa shape index (κ1) is 14.3. The number of amides is 1. The van der Waals surface area contributed by atoms with Crippen LogP contribution in [0.25, 0.3) is 0 Å². The SMILES string of the molecule is CCc1cccc(C2(C)OCCO2)c1NC(=O)CCl. The highest BCUT2D eigenvalue weighted by molar-refractivity contribution is 6.29.